The van der Waals surface area contributed by atoms with E-state index in [9.17, 15) is 4.39 Å². The molecule has 0 spiro atoms. The van der Waals surface area contributed by atoms with E-state index in [2.05, 4.69) is 70.2 Å². The van der Waals surface area contributed by atoms with Crippen molar-refractivity contribution in [1.82, 2.24) is 19.3 Å². The van der Waals surface area contributed by atoms with Crippen LogP contribution in [0.2, 0.25) is 0 Å². The van der Waals surface area contributed by atoms with Crippen LogP contribution in [-0.4, -0.2) is 32.4 Å². The van der Waals surface area contributed by atoms with E-state index in [1.54, 1.807) is 23.5 Å². The Morgan fingerprint density at radius 3 is 2.53 bits per heavy atom. The Labute approximate surface area is 227 Å². The highest BCUT2D eigenvalue weighted by atomic mass is 32.1. The molecule has 1 N–H and O–H groups in total. The summed E-state index contributed by atoms with van der Waals surface area (Å²) in [4.78, 5) is 12.2. The van der Waals surface area contributed by atoms with Gasteiger partial charge in [-0.1, -0.05) is 43.3 Å². The van der Waals surface area contributed by atoms with Crippen molar-refractivity contribution >= 4 is 22.8 Å². The molecule has 5 nitrogen and oxygen atoms in total. The molecule has 0 radical (unpaired) electrons. The first kappa shape index (κ1) is 24.8. The normalized spacial score (nSPS) is 14.8. The summed E-state index contributed by atoms with van der Waals surface area (Å²) in [6, 6.07) is 21.7. The van der Waals surface area contributed by atoms with E-state index in [4.69, 9.17) is 9.97 Å². The van der Waals surface area contributed by atoms with Crippen LogP contribution in [0, 0.1) is 5.82 Å². The fraction of sp³-hybridized carbons (Fsp3) is 0.290. The van der Waals surface area contributed by atoms with E-state index in [0.29, 0.717) is 12.5 Å². The molecule has 1 aliphatic heterocycles. The van der Waals surface area contributed by atoms with Crippen molar-refractivity contribution in [3.63, 3.8) is 0 Å². The molecule has 4 heterocycles. The van der Waals surface area contributed by atoms with Gasteiger partial charge in [-0.15, -0.1) is 11.3 Å². The number of nitrogens with zero attached hydrogens (tertiary/aromatic N) is 4. The van der Waals surface area contributed by atoms with Gasteiger partial charge in [0.2, 0.25) is 0 Å². The first-order valence-corrected chi connectivity index (χ1v) is 14.3. The van der Waals surface area contributed by atoms with Crippen LogP contribution in [0.1, 0.15) is 47.5 Å². The van der Waals surface area contributed by atoms with E-state index in [1.165, 1.54) is 36.1 Å². The Morgan fingerprint density at radius 1 is 0.974 bits per heavy atom. The van der Waals surface area contributed by atoms with Gasteiger partial charge < -0.3 is 5.32 Å². The number of halogens is 1. The summed E-state index contributed by atoms with van der Waals surface area (Å²) in [6.07, 6.45) is 5.48. The van der Waals surface area contributed by atoms with Gasteiger partial charge in [-0.2, -0.15) is 0 Å². The minimum absolute atomic E-state index is 0.234. The molecule has 3 aromatic heterocycles. The van der Waals surface area contributed by atoms with E-state index >= 15 is 0 Å². The van der Waals surface area contributed by atoms with Crippen molar-refractivity contribution in [2.45, 2.75) is 45.2 Å². The van der Waals surface area contributed by atoms with Gasteiger partial charge in [0.05, 0.1) is 17.9 Å². The van der Waals surface area contributed by atoms with E-state index in [0.717, 1.165) is 59.5 Å². The molecule has 5 aromatic rings. The number of piperidine rings is 1. The molecule has 6 rings (SSSR count). The maximum Gasteiger partial charge on any atom is 0.138 e. The number of anilines is 1. The first-order valence-electron chi connectivity index (χ1n) is 13.4. The molecule has 0 bridgehead atoms. The second kappa shape index (κ2) is 11.1. The largest absolute Gasteiger partial charge is 0.363 e. The topological polar surface area (TPSA) is 45.5 Å². The number of imidazole rings is 1. The molecule has 1 fully saturated rings. The summed E-state index contributed by atoms with van der Waals surface area (Å²) >= 11 is 1.61. The highest BCUT2D eigenvalue weighted by Crippen LogP contribution is 2.31. The SMILES string of the molecule is CCc1nc2ccc(C3CCN(Cc4ccccc4)CC3)cn2c1NCc1nc(-c2ccc(F)cc2)cs1. The number of likely N-dealkylation sites (tertiary alicyclic amines) is 1. The van der Waals surface area contributed by atoms with E-state index in [-0.39, 0.29) is 5.82 Å². The molecule has 2 aromatic carbocycles. The van der Waals surface area contributed by atoms with Gasteiger partial charge in [0, 0.05) is 23.7 Å². The smallest absolute Gasteiger partial charge is 0.138 e. The van der Waals surface area contributed by atoms with Crippen LogP contribution in [0.25, 0.3) is 16.9 Å². The Kier molecular flexibility index (Phi) is 7.20. The molecular formula is C31H32FN5S. The molecule has 0 aliphatic carbocycles. The predicted molar refractivity (Wildman–Crippen MR) is 153 cm³/mol. The van der Waals surface area contributed by atoms with Crippen LogP contribution in [-0.2, 0) is 19.5 Å². The molecule has 1 aliphatic rings. The summed E-state index contributed by atoms with van der Waals surface area (Å²) in [5.41, 5.74) is 6.61. The summed E-state index contributed by atoms with van der Waals surface area (Å²) in [6.45, 7) is 6.03. The number of thiazole rings is 1. The molecule has 7 heteroatoms. The van der Waals surface area contributed by atoms with Crippen LogP contribution in [0.4, 0.5) is 10.2 Å². The monoisotopic (exact) mass is 525 g/mol. The van der Waals surface area contributed by atoms with Gasteiger partial charge >= 0.3 is 0 Å². The molecule has 0 unspecified atom stereocenters. The number of nitrogens with one attached hydrogen (secondary N) is 1. The Bertz CT molecular complexity index is 1500. The standard InChI is InChI=1S/C31H32FN5S/c1-2-27-31(33-18-30-35-28(21-38-30)24-8-11-26(32)12-9-24)37-20-25(10-13-29(37)34-27)23-14-16-36(17-15-23)19-22-6-4-3-5-7-22/h3-13,20-21,23,33H,2,14-19H2,1H3. The van der Waals surface area contributed by atoms with Crippen molar-refractivity contribution in [2.75, 3.05) is 18.4 Å². The zero-order valence-electron chi connectivity index (χ0n) is 21.6. The number of pyridine rings is 1. The summed E-state index contributed by atoms with van der Waals surface area (Å²) in [7, 11) is 0. The number of rotatable bonds is 8. The molecule has 194 valence electrons. The van der Waals surface area contributed by atoms with Gasteiger partial charge in [0.1, 0.15) is 22.3 Å². The molecular weight excluding hydrogens is 493 g/mol. The molecule has 0 saturated carbocycles. The van der Waals surface area contributed by atoms with Crippen LogP contribution in [0.15, 0.2) is 78.3 Å². The zero-order valence-corrected chi connectivity index (χ0v) is 22.4. The van der Waals surface area contributed by atoms with Crippen molar-refractivity contribution in [3.8, 4) is 11.3 Å². The van der Waals surface area contributed by atoms with Crippen LogP contribution >= 0.6 is 11.3 Å². The lowest BCUT2D eigenvalue weighted by molar-refractivity contribution is 0.204. The number of aryl methyl sites for hydroxylation is 1. The van der Waals surface area contributed by atoms with Crippen molar-refractivity contribution in [1.29, 1.82) is 0 Å². The minimum Gasteiger partial charge on any atom is -0.363 e. The van der Waals surface area contributed by atoms with Gasteiger partial charge in [0.25, 0.3) is 0 Å². The molecule has 1 saturated heterocycles. The predicted octanol–water partition coefficient (Wildman–Crippen LogP) is 7.15. The maximum atomic E-state index is 13.3. The fourth-order valence-electron chi connectivity index (χ4n) is 5.36. The lowest BCUT2D eigenvalue weighted by atomic mass is 9.90. The first-order chi connectivity index (χ1) is 18.7. The third-order valence-electron chi connectivity index (χ3n) is 7.46. The lowest BCUT2D eigenvalue weighted by Gasteiger charge is -2.32. The molecule has 0 atom stereocenters. The Hall–Kier alpha value is -3.55. The van der Waals surface area contributed by atoms with Crippen molar-refractivity contribution in [3.05, 3.63) is 106 Å². The van der Waals surface area contributed by atoms with Crippen LogP contribution in [0.5, 0.6) is 0 Å². The van der Waals surface area contributed by atoms with Gasteiger partial charge in [0.15, 0.2) is 0 Å². The third kappa shape index (κ3) is 5.35. The second-order valence-electron chi connectivity index (χ2n) is 9.97. The second-order valence-corrected chi connectivity index (χ2v) is 10.9. The highest BCUT2D eigenvalue weighted by molar-refractivity contribution is 7.10. The number of hydrogen-bond donors (Lipinski definition) is 1. The molecule has 0 amide bonds. The quantitative estimate of drug-likeness (QED) is 0.234. The van der Waals surface area contributed by atoms with Crippen LogP contribution in [0.3, 0.4) is 0 Å². The van der Waals surface area contributed by atoms with Crippen LogP contribution < -0.4 is 5.32 Å². The van der Waals surface area contributed by atoms with Gasteiger partial charge in [-0.05, 0) is 79.7 Å². The van der Waals surface area contributed by atoms with E-state index < -0.39 is 0 Å². The maximum absolute atomic E-state index is 13.3. The number of aromatic nitrogens is 3. The highest BCUT2D eigenvalue weighted by Gasteiger charge is 2.22. The summed E-state index contributed by atoms with van der Waals surface area (Å²) < 4.78 is 15.5. The van der Waals surface area contributed by atoms with Crippen molar-refractivity contribution < 1.29 is 4.39 Å². The average molecular weight is 526 g/mol. The number of hydrogen-bond acceptors (Lipinski definition) is 5. The summed E-state index contributed by atoms with van der Waals surface area (Å²) in [5.74, 6) is 1.37. The van der Waals surface area contributed by atoms with Gasteiger partial charge in [-0.3, -0.25) is 9.30 Å². The number of benzene rings is 2. The van der Waals surface area contributed by atoms with E-state index in [1.807, 2.05) is 5.38 Å². The minimum atomic E-state index is -0.234. The fourth-order valence-corrected chi connectivity index (χ4v) is 6.10. The Balaban J connectivity index is 1.15. The number of fused-ring (bicyclic) bond motifs is 1. The molecule has 38 heavy (non-hydrogen) atoms. The summed E-state index contributed by atoms with van der Waals surface area (Å²) in [5, 5.41) is 6.64. The lowest BCUT2D eigenvalue weighted by Crippen LogP contribution is -2.32. The zero-order chi connectivity index (χ0) is 25.9. The third-order valence-corrected chi connectivity index (χ3v) is 8.30. The van der Waals surface area contributed by atoms with Gasteiger partial charge in [-0.25, -0.2) is 14.4 Å². The Morgan fingerprint density at radius 2 is 1.76 bits per heavy atom. The van der Waals surface area contributed by atoms with Crippen molar-refractivity contribution in [2.24, 2.45) is 0 Å². The average Bonchev–Trinajstić information content (AvgIpc) is 3.57.